The number of carbonyl (C=O) groups is 2. The zero-order valence-electron chi connectivity index (χ0n) is 15.4. The molecule has 0 aliphatic heterocycles. The summed E-state index contributed by atoms with van der Waals surface area (Å²) in [6.45, 7) is 4.15. The Kier molecular flexibility index (Phi) is 4.82. The second kappa shape index (κ2) is 7.13. The normalized spacial score (nSPS) is 15.7. The number of nitrogens with one attached hydrogen (secondary N) is 1. The molecule has 0 atom stereocenters. The van der Waals surface area contributed by atoms with Crippen LogP contribution in [-0.2, 0) is 17.6 Å². The van der Waals surface area contributed by atoms with Crippen LogP contribution >= 0.6 is 22.7 Å². The minimum atomic E-state index is -0.0612. The van der Waals surface area contributed by atoms with E-state index in [1.54, 1.807) is 11.3 Å². The molecule has 27 heavy (non-hydrogen) atoms. The first-order valence-electron chi connectivity index (χ1n) is 9.07. The maximum Gasteiger partial charge on any atom is 0.226 e. The summed E-state index contributed by atoms with van der Waals surface area (Å²) in [5.41, 5.74) is 1.78. The fourth-order valence-corrected chi connectivity index (χ4v) is 5.33. The smallest absolute Gasteiger partial charge is 0.226 e. The highest BCUT2D eigenvalue weighted by molar-refractivity contribution is 7.18. The highest BCUT2D eigenvalue weighted by Gasteiger charge is 2.34. The van der Waals surface area contributed by atoms with E-state index in [4.69, 9.17) is 0 Å². The lowest BCUT2D eigenvalue weighted by atomic mass is 9.78. The Morgan fingerprint density at radius 2 is 2.00 bits per heavy atom. The van der Waals surface area contributed by atoms with Gasteiger partial charge in [0.25, 0.3) is 0 Å². The number of Topliss-reactive ketones (excluding diaryl/α,β-unsaturated/α-hetero) is 1. The molecule has 0 spiro atoms. The minimum Gasteiger partial charge on any atom is -0.302 e. The first kappa shape index (κ1) is 18.3. The highest BCUT2D eigenvalue weighted by atomic mass is 32.1. The van der Waals surface area contributed by atoms with E-state index in [0.29, 0.717) is 22.9 Å². The van der Waals surface area contributed by atoms with Crippen molar-refractivity contribution in [1.82, 2.24) is 9.97 Å². The van der Waals surface area contributed by atoms with Crippen molar-refractivity contribution in [2.24, 2.45) is 5.41 Å². The maximum absolute atomic E-state index is 12.3. The van der Waals surface area contributed by atoms with Gasteiger partial charge >= 0.3 is 0 Å². The summed E-state index contributed by atoms with van der Waals surface area (Å²) >= 11 is 2.98. The lowest BCUT2D eigenvalue weighted by Crippen LogP contribution is -2.26. The zero-order valence-corrected chi connectivity index (χ0v) is 17.0. The number of para-hydroxylation sites is 1. The molecule has 1 aromatic carbocycles. The van der Waals surface area contributed by atoms with E-state index < -0.39 is 0 Å². The third kappa shape index (κ3) is 4.09. The zero-order chi connectivity index (χ0) is 19.0. The van der Waals surface area contributed by atoms with Crippen LogP contribution < -0.4 is 5.32 Å². The molecular weight excluding hydrogens is 378 g/mol. The third-order valence-electron chi connectivity index (χ3n) is 4.61. The summed E-state index contributed by atoms with van der Waals surface area (Å²) in [5, 5.41) is 4.45. The van der Waals surface area contributed by atoms with Crippen LogP contribution in [0.4, 0.5) is 5.13 Å². The van der Waals surface area contributed by atoms with Gasteiger partial charge in [0, 0.05) is 12.8 Å². The number of fused-ring (bicyclic) bond motifs is 2. The number of hydrogen-bond acceptors (Lipinski definition) is 6. The van der Waals surface area contributed by atoms with Crippen LogP contribution in [0.5, 0.6) is 0 Å². The van der Waals surface area contributed by atoms with Crippen LogP contribution in [-0.4, -0.2) is 21.7 Å². The van der Waals surface area contributed by atoms with Gasteiger partial charge < -0.3 is 5.32 Å². The van der Waals surface area contributed by atoms with Crippen molar-refractivity contribution in [3.8, 4) is 0 Å². The minimum absolute atomic E-state index is 0.0588. The summed E-state index contributed by atoms with van der Waals surface area (Å²) in [7, 11) is 0. The second-order valence-electron chi connectivity index (χ2n) is 7.71. The van der Waals surface area contributed by atoms with E-state index in [1.807, 2.05) is 18.2 Å². The molecule has 0 bridgehead atoms. The second-order valence-corrected chi connectivity index (χ2v) is 9.83. The van der Waals surface area contributed by atoms with Crippen LogP contribution in [0.15, 0.2) is 24.3 Å². The van der Waals surface area contributed by atoms with E-state index in [1.165, 1.54) is 16.0 Å². The van der Waals surface area contributed by atoms with Crippen molar-refractivity contribution in [3.63, 3.8) is 0 Å². The Morgan fingerprint density at radius 1 is 1.19 bits per heavy atom. The molecule has 0 fully saturated rings. The number of aryl methyl sites for hydroxylation is 1. The summed E-state index contributed by atoms with van der Waals surface area (Å²) < 4.78 is 1.18. The third-order valence-corrected chi connectivity index (χ3v) is 6.77. The average molecular weight is 400 g/mol. The number of hydrogen-bond donors (Lipinski definition) is 1. The number of benzene rings is 1. The molecule has 1 N–H and O–H groups in total. The lowest BCUT2D eigenvalue weighted by molar-refractivity contribution is -0.116. The van der Waals surface area contributed by atoms with Crippen molar-refractivity contribution < 1.29 is 9.59 Å². The lowest BCUT2D eigenvalue weighted by Gasteiger charge is -2.26. The molecule has 3 aromatic rings. The number of amides is 1. The molecule has 0 saturated heterocycles. The Bertz CT molecular complexity index is 986. The number of aromatic nitrogens is 2. The molecule has 1 aliphatic rings. The fourth-order valence-electron chi connectivity index (χ4n) is 3.38. The van der Waals surface area contributed by atoms with Gasteiger partial charge in [-0.2, -0.15) is 0 Å². The molecule has 140 valence electrons. The molecule has 1 aliphatic carbocycles. The summed E-state index contributed by atoms with van der Waals surface area (Å²) in [6.07, 6.45) is 3.26. The Hall–Kier alpha value is -2.12. The SMILES string of the molecule is CC1(C)CC(=O)c2sc(NC(=O)CCCc3nc4ccccc4s3)nc2C1. The van der Waals surface area contributed by atoms with Gasteiger partial charge in [0.15, 0.2) is 10.9 Å². The number of anilines is 1. The largest absolute Gasteiger partial charge is 0.302 e. The van der Waals surface area contributed by atoms with E-state index in [9.17, 15) is 9.59 Å². The summed E-state index contributed by atoms with van der Waals surface area (Å²) in [5.74, 6) is 0.0732. The summed E-state index contributed by atoms with van der Waals surface area (Å²) in [4.78, 5) is 34.3. The van der Waals surface area contributed by atoms with Gasteiger partial charge in [-0.05, 0) is 36.8 Å². The van der Waals surface area contributed by atoms with Gasteiger partial charge in [-0.1, -0.05) is 37.3 Å². The van der Waals surface area contributed by atoms with Crippen molar-refractivity contribution >= 4 is 49.7 Å². The van der Waals surface area contributed by atoms with Gasteiger partial charge in [0.1, 0.15) is 0 Å². The van der Waals surface area contributed by atoms with Gasteiger partial charge in [0.2, 0.25) is 5.91 Å². The molecule has 0 unspecified atom stereocenters. The fraction of sp³-hybridized carbons (Fsp3) is 0.400. The quantitative estimate of drug-likeness (QED) is 0.664. The number of carbonyl (C=O) groups excluding carboxylic acids is 2. The van der Waals surface area contributed by atoms with Crippen molar-refractivity contribution in [1.29, 1.82) is 0 Å². The van der Waals surface area contributed by atoms with E-state index >= 15 is 0 Å². The number of ketones is 1. The molecule has 2 aromatic heterocycles. The van der Waals surface area contributed by atoms with E-state index in [2.05, 4.69) is 35.2 Å². The predicted molar refractivity (Wildman–Crippen MR) is 110 cm³/mol. The van der Waals surface area contributed by atoms with Crippen LogP contribution in [0.2, 0.25) is 0 Å². The van der Waals surface area contributed by atoms with Crippen molar-refractivity contribution in [2.75, 3.05) is 5.32 Å². The topological polar surface area (TPSA) is 72.0 Å². The highest BCUT2D eigenvalue weighted by Crippen LogP contribution is 2.38. The molecule has 4 rings (SSSR count). The van der Waals surface area contributed by atoms with Crippen molar-refractivity contribution in [2.45, 2.75) is 46.0 Å². The average Bonchev–Trinajstić information content (AvgIpc) is 3.16. The first-order valence-corrected chi connectivity index (χ1v) is 10.7. The first-order chi connectivity index (χ1) is 12.9. The van der Waals surface area contributed by atoms with E-state index in [0.717, 1.165) is 35.5 Å². The van der Waals surface area contributed by atoms with E-state index in [-0.39, 0.29) is 17.1 Å². The van der Waals surface area contributed by atoms with Crippen LogP contribution in [0.3, 0.4) is 0 Å². The molecular formula is C20H21N3O2S2. The van der Waals surface area contributed by atoms with Gasteiger partial charge in [0.05, 0.1) is 25.8 Å². The van der Waals surface area contributed by atoms with Gasteiger partial charge in [-0.15, -0.1) is 11.3 Å². The Balaban J connectivity index is 1.33. The predicted octanol–water partition coefficient (Wildman–Crippen LogP) is 4.87. The standard InChI is InChI=1S/C20H21N3O2S2/c1-20(2)10-13-18(14(24)11-20)27-19(22-13)23-16(25)8-5-9-17-21-12-6-3-4-7-15(12)26-17/h3-4,6-7H,5,8-11H2,1-2H3,(H,22,23,25). The summed E-state index contributed by atoms with van der Waals surface area (Å²) in [6, 6.07) is 8.07. The number of rotatable bonds is 5. The van der Waals surface area contributed by atoms with Crippen LogP contribution in [0, 0.1) is 5.41 Å². The Morgan fingerprint density at radius 3 is 2.81 bits per heavy atom. The molecule has 7 heteroatoms. The molecule has 0 radical (unpaired) electrons. The monoisotopic (exact) mass is 399 g/mol. The Labute approximate surface area is 165 Å². The number of nitrogens with zero attached hydrogens (tertiary/aromatic N) is 2. The van der Waals surface area contributed by atoms with Gasteiger partial charge in [-0.3, -0.25) is 9.59 Å². The molecule has 1 amide bonds. The van der Waals surface area contributed by atoms with Crippen LogP contribution in [0.1, 0.15) is 53.5 Å². The van der Waals surface area contributed by atoms with Gasteiger partial charge in [-0.25, -0.2) is 9.97 Å². The molecule has 2 heterocycles. The molecule has 0 saturated carbocycles. The maximum atomic E-state index is 12.3. The number of thiazole rings is 2. The van der Waals surface area contributed by atoms with Crippen LogP contribution in [0.25, 0.3) is 10.2 Å². The molecule has 5 nitrogen and oxygen atoms in total. The van der Waals surface area contributed by atoms with Crippen molar-refractivity contribution in [3.05, 3.63) is 39.8 Å².